The van der Waals surface area contributed by atoms with Crippen molar-refractivity contribution in [1.82, 2.24) is 10.3 Å². The van der Waals surface area contributed by atoms with E-state index in [4.69, 9.17) is 0 Å². The van der Waals surface area contributed by atoms with E-state index in [0.29, 0.717) is 11.5 Å². The minimum absolute atomic E-state index is 0.00771. The van der Waals surface area contributed by atoms with Crippen LogP contribution in [0, 0.1) is 12.8 Å². The maximum absolute atomic E-state index is 12.4. The Kier molecular flexibility index (Phi) is 6.03. The van der Waals surface area contributed by atoms with Gasteiger partial charge in [-0.2, -0.15) is 0 Å². The average molecular weight is 289 g/mol. The van der Waals surface area contributed by atoms with Crippen LogP contribution in [-0.4, -0.2) is 24.0 Å². The predicted molar refractivity (Wildman–Crippen MR) is 86.7 cm³/mol. The lowest BCUT2D eigenvalue weighted by Crippen LogP contribution is -2.31. The molecule has 1 amide bonds. The van der Waals surface area contributed by atoms with Crippen molar-refractivity contribution in [3.05, 3.63) is 23.5 Å². The third-order valence-electron chi connectivity index (χ3n) is 4.13. The van der Waals surface area contributed by atoms with E-state index in [1.165, 1.54) is 32.1 Å². The summed E-state index contributed by atoms with van der Waals surface area (Å²) in [7, 11) is 0. The van der Waals surface area contributed by atoms with Gasteiger partial charge in [0, 0.05) is 25.0 Å². The first-order chi connectivity index (χ1) is 10.2. The van der Waals surface area contributed by atoms with Crippen LogP contribution in [0.4, 0.5) is 5.69 Å². The van der Waals surface area contributed by atoms with Crippen LogP contribution in [0.5, 0.6) is 0 Å². The molecule has 2 rings (SSSR count). The van der Waals surface area contributed by atoms with Crippen molar-refractivity contribution in [1.29, 1.82) is 0 Å². The fourth-order valence-corrected chi connectivity index (χ4v) is 2.87. The van der Waals surface area contributed by atoms with E-state index in [1.807, 2.05) is 13.0 Å². The molecular formula is C17H27N3O. The van der Waals surface area contributed by atoms with Crippen LogP contribution in [0.3, 0.4) is 0 Å². The number of rotatable bonds is 6. The number of aromatic nitrogens is 1. The molecule has 0 bridgehead atoms. The zero-order valence-electron chi connectivity index (χ0n) is 13.2. The van der Waals surface area contributed by atoms with E-state index in [9.17, 15) is 4.79 Å². The normalized spacial score (nSPS) is 15.7. The van der Waals surface area contributed by atoms with Gasteiger partial charge >= 0.3 is 0 Å². The standard InChI is InChI=1S/C17H27N3O/c1-3-9-18-16-10-13(2)19-12-15(16)17(21)20-11-14-7-5-4-6-8-14/h10,12,14H,3-9,11H2,1-2H3,(H,18,19)(H,20,21). The van der Waals surface area contributed by atoms with Crippen LogP contribution in [0.1, 0.15) is 61.5 Å². The van der Waals surface area contributed by atoms with Gasteiger partial charge in [-0.15, -0.1) is 0 Å². The summed E-state index contributed by atoms with van der Waals surface area (Å²) in [5, 5.41) is 6.41. The number of aryl methyl sites for hydroxylation is 1. The molecule has 1 saturated carbocycles. The molecule has 0 aliphatic heterocycles. The minimum Gasteiger partial charge on any atom is -0.384 e. The number of nitrogens with one attached hydrogen (secondary N) is 2. The van der Waals surface area contributed by atoms with Crippen molar-refractivity contribution >= 4 is 11.6 Å². The number of amides is 1. The summed E-state index contributed by atoms with van der Waals surface area (Å²) in [5.74, 6) is 0.639. The highest BCUT2D eigenvalue weighted by atomic mass is 16.1. The molecule has 116 valence electrons. The number of anilines is 1. The lowest BCUT2D eigenvalue weighted by atomic mass is 9.89. The summed E-state index contributed by atoms with van der Waals surface area (Å²) < 4.78 is 0. The Labute approximate surface area is 127 Å². The van der Waals surface area contributed by atoms with Gasteiger partial charge in [0.1, 0.15) is 0 Å². The third-order valence-corrected chi connectivity index (χ3v) is 4.13. The lowest BCUT2D eigenvalue weighted by molar-refractivity contribution is 0.0944. The monoisotopic (exact) mass is 289 g/mol. The smallest absolute Gasteiger partial charge is 0.254 e. The van der Waals surface area contributed by atoms with Crippen molar-refractivity contribution in [2.24, 2.45) is 5.92 Å². The van der Waals surface area contributed by atoms with Gasteiger partial charge in [0.05, 0.1) is 11.3 Å². The number of pyridine rings is 1. The Morgan fingerprint density at radius 3 is 2.81 bits per heavy atom. The quantitative estimate of drug-likeness (QED) is 0.842. The van der Waals surface area contributed by atoms with Gasteiger partial charge in [0.15, 0.2) is 0 Å². The van der Waals surface area contributed by atoms with Crippen LogP contribution in [0.15, 0.2) is 12.3 Å². The van der Waals surface area contributed by atoms with Crippen LogP contribution >= 0.6 is 0 Å². The highest BCUT2D eigenvalue weighted by molar-refractivity contribution is 5.99. The first-order valence-corrected chi connectivity index (χ1v) is 8.19. The zero-order valence-corrected chi connectivity index (χ0v) is 13.2. The number of carbonyl (C=O) groups is 1. The Morgan fingerprint density at radius 2 is 2.10 bits per heavy atom. The Morgan fingerprint density at radius 1 is 1.33 bits per heavy atom. The molecule has 0 atom stereocenters. The molecule has 1 aromatic rings. The van der Waals surface area contributed by atoms with Crippen molar-refractivity contribution in [2.45, 2.75) is 52.4 Å². The molecule has 0 radical (unpaired) electrons. The molecule has 1 aliphatic carbocycles. The second kappa shape index (κ2) is 8.01. The van der Waals surface area contributed by atoms with Gasteiger partial charge in [-0.3, -0.25) is 9.78 Å². The van der Waals surface area contributed by atoms with Crippen LogP contribution < -0.4 is 10.6 Å². The highest BCUT2D eigenvalue weighted by Crippen LogP contribution is 2.23. The summed E-state index contributed by atoms with van der Waals surface area (Å²) in [6, 6.07) is 1.95. The van der Waals surface area contributed by atoms with E-state index < -0.39 is 0 Å². The van der Waals surface area contributed by atoms with Gasteiger partial charge in [0.25, 0.3) is 5.91 Å². The van der Waals surface area contributed by atoms with Gasteiger partial charge in [0.2, 0.25) is 0 Å². The van der Waals surface area contributed by atoms with Crippen molar-refractivity contribution in [3.63, 3.8) is 0 Å². The van der Waals surface area contributed by atoms with E-state index in [0.717, 1.165) is 30.9 Å². The van der Waals surface area contributed by atoms with Crippen molar-refractivity contribution in [3.8, 4) is 0 Å². The van der Waals surface area contributed by atoms with Crippen LogP contribution in [-0.2, 0) is 0 Å². The highest BCUT2D eigenvalue weighted by Gasteiger charge is 2.16. The summed E-state index contributed by atoms with van der Waals surface area (Å²) in [4.78, 5) is 16.7. The summed E-state index contributed by atoms with van der Waals surface area (Å²) in [6.45, 7) is 5.72. The van der Waals surface area contributed by atoms with E-state index >= 15 is 0 Å². The molecule has 1 aromatic heterocycles. The molecular weight excluding hydrogens is 262 g/mol. The molecule has 0 spiro atoms. The van der Waals surface area contributed by atoms with E-state index in [-0.39, 0.29) is 5.91 Å². The fourth-order valence-electron chi connectivity index (χ4n) is 2.87. The van der Waals surface area contributed by atoms with E-state index in [2.05, 4.69) is 22.5 Å². The van der Waals surface area contributed by atoms with Gasteiger partial charge in [-0.05, 0) is 38.2 Å². The van der Waals surface area contributed by atoms with E-state index in [1.54, 1.807) is 6.20 Å². The Balaban J connectivity index is 1.96. The van der Waals surface area contributed by atoms with Crippen LogP contribution in [0.25, 0.3) is 0 Å². The number of hydrogen-bond acceptors (Lipinski definition) is 3. The molecule has 1 heterocycles. The molecule has 4 nitrogen and oxygen atoms in total. The zero-order chi connectivity index (χ0) is 15.1. The number of carbonyl (C=O) groups excluding carboxylic acids is 1. The second-order valence-electron chi connectivity index (χ2n) is 6.01. The summed E-state index contributed by atoms with van der Waals surface area (Å²) >= 11 is 0. The maximum atomic E-state index is 12.4. The lowest BCUT2D eigenvalue weighted by Gasteiger charge is -2.22. The summed E-state index contributed by atoms with van der Waals surface area (Å²) in [5.41, 5.74) is 2.48. The predicted octanol–water partition coefficient (Wildman–Crippen LogP) is 3.52. The Hall–Kier alpha value is -1.58. The molecule has 0 saturated heterocycles. The molecule has 0 aromatic carbocycles. The topological polar surface area (TPSA) is 54.0 Å². The molecule has 21 heavy (non-hydrogen) atoms. The molecule has 4 heteroatoms. The molecule has 1 fully saturated rings. The van der Waals surface area contributed by atoms with Gasteiger partial charge in [-0.1, -0.05) is 26.2 Å². The minimum atomic E-state index is -0.00771. The Bertz CT molecular complexity index is 467. The van der Waals surface area contributed by atoms with Gasteiger partial charge < -0.3 is 10.6 Å². The molecule has 1 aliphatic rings. The van der Waals surface area contributed by atoms with Gasteiger partial charge in [-0.25, -0.2) is 0 Å². The number of hydrogen-bond donors (Lipinski definition) is 2. The fraction of sp³-hybridized carbons (Fsp3) is 0.647. The molecule has 2 N–H and O–H groups in total. The first-order valence-electron chi connectivity index (χ1n) is 8.19. The molecule has 0 unspecified atom stereocenters. The summed E-state index contributed by atoms with van der Waals surface area (Å²) in [6.07, 6.45) is 9.15. The van der Waals surface area contributed by atoms with Crippen LogP contribution in [0.2, 0.25) is 0 Å². The largest absolute Gasteiger partial charge is 0.384 e. The average Bonchev–Trinajstić information content (AvgIpc) is 2.51. The number of nitrogens with zero attached hydrogens (tertiary/aromatic N) is 1. The first kappa shape index (κ1) is 15.8. The van der Waals surface area contributed by atoms with Crippen molar-refractivity contribution in [2.75, 3.05) is 18.4 Å². The SMILES string of the molecule is CCCNc1cc(C)ncc1C(=O)NCC1CCCCC1. The third kappa shape index (κ3) is 4.73. The second-order valence-corrected chi connectivity index (χ2v) is 6.01. The maximum Gasteiger partial charge on any atom is 0.254 e. The van der Waals surface area contributed by atoms with Crippen molar-refractivity contribution < 1.29 is 4.79 Å².